The van der Waals surface area contributed by atoms with E-state index in [1.165, 1.54) is 4.90 Å². The third kappa shape index (κ3) is 4.00. The standard InChI is InChI=1S/C12H20N2O3S/c1-3-6-14(12(15)8-10(13)4-2)11-5-7-18(16,17)9-11/h1,10-11H,4-9,13H2,2H3. The lowest BCUT2D eigenvalue weighted by molar-refractivity contribution is -0.132. The number of hydrogen-bond donors (Lipinski definition) is 1. The molecule has 1 rings (SSSR count). The molecule has 1 aliphatic rings. The number of amides is 1. The lowest BCUT2D eigenvalue weighted by atomic mass is 10.1. The van der Waals surface area contributed by atoms with E-state index in [4.69, 9.17) is 12.2 Å². The molecule has 18 heavy (non-hydrogen) atoms. The summed E-state index contributed by atoms with van der Waals surface area (Å²) in [5.74, 6) is 2.41. The first-order chi connectivity index (χ1) is 8.39. The molecule has 6 heteroatoms. The van der Waals surface area contributed by atoms with Gasteiger partial charge in [-0.2, -0.15) is 0 Å². The molecule has 5 nitrogen and oxygen atoms in total. The highest BCUT2D eigenvalue weighted by molar-refractivity contribution is 7.91. The summed E-state index contributed by atoms with van der Waals surface area (Å²) in [5.41, 5.74) is 5.74. The third-order valence-corrected chi connectivity index (χ3v) is 4.94. The van der Waals surface area contributed by atoms with Crippen molar-refractivity contribution >= 4 is 15.7 Å². The predicted molar refractivity (Wildman–Crippen MR) is 70.5 cm³/mol. The van der Waals surface area contributed by atoms with E-state index in [1.807, 2.05) is 6.92 Å². The Morgan fingerprint density at radius 2 is 2.28 bits per heavy atom. The first kappa shape index (κ1) is 15.0. The first-order valence-electron chi connectivity index (χ1n) is 6.08. The summed E-state index contributed by atoms with van der Waals surface area (Å²) in [6.45, 7) is 2.05. The quantitative estimate of drug-likeness (QED) is 0.701. The van der Waals surface area contributed by atoms with Crippen LogP contribution in [0.1, 0.15) is 26.2 Å². The Labute approximate surface area is 109 Å². The molecule has 0 aromatic heterocycles. The largest absolute Gasteiger partial charge is 0.327 e. The maximum atomic E-state index is 12.1. The van der Waals surface area contributed by atoms with Crippen molar-refractivity contribution in [1.29, 1.82) is 0 Å². The molecular weight excluding hydrogens is 252 g/mol. The summed E-state index contributed by atoms with van der Waals surface area (Å²) in [7, 11) is -3.02. The van der Waals surface area contributed by atoms with Crippen LogP contribution in [0.3, 0.4) is 0 Å². The Kier molecular flexibility index (Phi) is 5.17. The fraction of sp³-hybridized carbons (Fsp3) is 0.750. The molecule has 0 saturated carbocycles. The van der Waals surface area contributed by atoms with Gasteiger partial charge in [-0.3, -0.25) is 4.79 Å². The van der Waals surface area contributed by atoms with Crippen LogP contribution in [0, 0.1) is 12.3 Å². The van der Waals surface area contributed by atoms with Gasteiger partial charge in [0.1, 0.15) is 0 Å². The van der Waals surface area contributed by atoms with Crippen molar-refractivity contribution in [2.45, 2.75) is 38.3 Å². The monoisotopic (exact) mass is 272 g/mol. The fourth-order valence-electron chi connectivity index (χ4n) is 2.03. The van der Waals surface area contributed by atoms with E-state index in [9.17, 15) is 13.2 Å². The van der Waals surface area contributed by atoms with Gasteiger partial charge in [0.2, 0.25) is 5.91 Å². The van der Waals surface area contributed by atoms with E-state index < -0.39 is 9.84 Å². The lowest BCUT2D eigenvalue weighted by Crippen LogP contribution is -2.43. The molecule has 0 spiro atoms. The average molecular weight is 272 g/mol. The topological polar surface area (TPSA) is 80.5 Å². The van der Waals surface area contributed by atoms with Gasteiger partial charge in [-0.1, -0.05) is 12.8 Å². The van der Waals surface area contributed by atoms with E-state index in [2.05, 4.69) is 5.92 Å². The molecule has 0 aliphatic carbocycles. The molecule has 2 N–H and O–H groups in total. The lowest BCUT2D eigenvalue weighted by Gasteiger charge is -2.27. The summed E-state index contributed by atoms with van der Waals surface area (Å²) in [5, 5.41) is 0. The third-order valence-electron chi connectivity index (χ3n) is 3.19. The highest BCUT2D eigenvalue weighted by Gasteiger charge is 2.34. The Balaban J connectivity index is 2.71. The number of sulfone groups is 1. The Morgan fingerprint density at radius 1 is 1.61 bits per heavy atom. The van der Waals surface area contributed by atoms with E-state index >= 15 is 0 Å². The molecular formula is C12H20N2O3S. The predicted octanol–water partition coefficient (Wildman–Crippen LogP) is -0.237. The Hall–Kier alpha value is -1.06. The maximum Gasteiger partial charge on any atom is 0.225 e. The van der Waals surface area contributed by atoms with Crippen molar-refractivity contribution in [3.8, 4) is 12.3 Å². The molecule has 0 bridgehead atoms. The molecule has 102 valence electrons. The Morgan fingerprint density at radius 3 is 2.72 bits per heavy atom. The maximum absolute atomic E-state index is 12.1. The molecule has 1 heterocycles. The molecule has 1 aliphatic heterocycles. The second-order valence-electron chi connectivity index (χ2n) is 4.66. The van der Waals surface area contributed by atoms with E-state index in [1.54, 1.807) is 0 Å². The van der Waals surface area contributed by atoms with Crippen LogP contribution in [-0.2, 0) is 14.6 Å². The van der Waals surface area contributed by atoms with Gasteiger partial charge >= 0.3 is 0 Å². The molecule has 0 aromatic carbocycles. The molecule has 1 amide bonds. The van der Waals surface area contributed by atoms with Gasteiger partial charge in [-0.15, -0.1) is 6.42 Å². The van der Waals surface area contributed by atoms with Crippen LogP contribution in [0.5, 0.6) is 0 Å². The summed E-state index contributed by atoms with van der Waals surface area (Å²) in [6, 6.07) is -0.488. The second kappa shape index (κ2) is 6.21. The number of nitrogens with zero attached hydrogens (tertiary/aromatic N) is 1. The van der Waals surface area contributed by atoms with Gasteiger partial charge < -0.3 is 10.6 Å². The Bertz CT molecular complexity index is 439. The summed E-state index contributed by atoms with van der Waals surface area (Å²) in [4.78, 5) is 13.5. The number of hydrogen-bond acceptors (Lipinski definition) is 4. The number of carbonyl (C=O) groups excluding carboxylic acids is 1. The van der Waals surface area contributed by atoms with E-state index in [0.717, 1.165) is 0 Å². The van der Waals surface area contributed by atoms with Crippen LogP contribution >= 0.6 is 0 Å². The number of carbonyl (C=O) groups is 1. The highest BCUT2D eigenvalue weighted by Crippen LogP contribution is 2.18. The minimum absolute atomic E-state index is 0.0157. The van der Waals surface area contributed by atoms with Crippen molar-refractivity contribution in [2.24, 2.45) is 5.73 Å². The van der Waals surface area contributed by atoms with Crippen molar-refractivity contribution in [3.63, 3.8) is 0 Å². The number of nitrogens with two attached hydrogens (primary N) is 1. The van der Waals surface area contributed by atoms with Gasteiger partial charge in [0, 0.05) is 18.5 Å². The zero-order valence-corrected chi connectivity index (χ0v) is 11.4. The minimum Gasteiger partial charge on any atom is -0.327 e. The van der Waals surface area contributed by atoms with E-state index in [-0.39, 0.29) is 42.5 Å². The molecule has 1 saturated heterocycles. The zero-order chi connectivity index (χ0) is 13.8. The van der Waals surface area contributed by atoms with Crippen molar-refractivity contribution in [1.82, 2.24) is 4.90 Å². The van der Waals surface area contributed by atoms with E-state index in [0.29, 0.717) is 12.8 Å². The molecule has 2 unspecified atom stereocenters. The van der Waals surface area contributed by atoms with Crippen molar-refractivity contribution < 1.29 is 13.2 Å². The highest BCUT2D eigenvalue weighted by atomic mass is 32.2. The van der Waals surface area contributed by atoms with Crippen LogP contribution in [-0.4, -0.2) is 49.4 Å². The van der Waals surface area contributed by atoms with Gasteiger partial charge in [0.05, 0.1) is 18.1 Å². The number of terminal acetylenes is 1. The molecule has 0 radical (unpaired) electrons. The minimum atomic E-state index is -3.02. The van der Waals surface area contributed by atoms with Gasteiger partial charge in [-0.05, 0) is 12.8 Å². The average Bonchev–Trinajstić information content (AvgIpc) is 2.65. The molecule has 2 atom stereocenters. The number of rotatable bonds is 5. The van der Waals surface area contributed by atoms with Crippen LogP contribution in [0.25, 0.3) is 0 Å². The van der Waals surface area contributed by atoms with Crippen molar-refractivity contribution in [2.75, 3.05) is 18.1 Å². The smallest absolute Gasteiger partial charge is 0.225 e. The zero-order valence-electron chi connectivity index (χ0n) is 10.6. The van der Waals surface area contributed by atoms with Gasteiger partial charge in [0.15, 0.2) is 9.84 Å². The summed E-state index contributed by atoms with van der Waals surface area (Å²) >= 11 is 0. The van der Waals surface area contributed by atoms with Gasteiger partial charge in [0.25, 0.3) is 0 Å². The first-order valence-corrected chi connectivity index (χ1v) is 7.90. The van der Waals surface area contributed by atoms with Crippen LogP contribution in [0.15, 0.2) is 0 Å². The summed E-state index contributed by atoms with van der Waals surface area (Å²) in [6.07, 6.45) is 6.63. The summed E-state index contributed by atoms with van der Waals surface area (Å²) < 4.78 is 22.9. The van der Waals surface area contributed by atoms with Crippen LogP contribution < -0.4 is 5.73 Å². The van der Waals surface area contributed by atoms with Gasteiger partial charge in [-0.25, -0.2) is 8.42 Å². The molecule has 1 fully saturated rings. The van der Waals surface area contributed by atoms with Crippen LogP contribution in [0.4, 0.5) is 0 Å². The molecule has 0 aromatic rings. The normalized spacial score (nSPS) is 23.3. The van der Waals surface area contributed by atoms with Crippen molar-refractivity contribution in [3.05, 3.63) is 0 Å². The van der Waals surface area contributed by atoms with Crippen LogP contribution in [0.2, 0.25) is 0 Å². The fourth-order valence-corrected chi connectivity index (χ4v) is 3.76. The SMILES string of the molecule is C#CCN(C(=O)CC(N)CC)C1CCS(=O)(=O)C1. The second-order valence-corrected chi connectivity index (χ2v) is 6.88.